The van der Waals surface area contributed by atoms with E-state index in [9.17, 15) is 78.9 Å². The number of esters is 1. The maximum atomic E-state index is 13.3. The number of ether oxygens (including phenoxy) is 1. The first-order valence-corrected chi connectivity index (χ1v) is 31.6. The fourth-order valence-electron chi connectivity index (χ4n) is 14.2. The highest BCUT2D eigenvalue weighted by Gasteiger charge is 2.52. The number of fused-ring (bicyclic) bond motifs is 3. The maximum Gasteiger partial charge on any atom is 0.326 e. The monoisotopic (exact) mass is 1260 g/mol. The Labute approximate surface area is 523 Å². The summed E-state index contributed by atoms with van der Waals surface area (Å²) in [6.07, 6.45) is 12.3. The molecule has 0 bridgehead atoms. The molecule has 0 aromatic heterocycles. The lowest BCUT2D eigenvalue weighted by atomic mass is 10.0. The Balaban J connectivity index is 0.000000190. The molecule has 3 aromatic carbocycles. The molecule has 89 heavy (non-hydrogen) atoms. The van der Waals surface area contributed by atoms with Gasteiger partial charge in [-0.3, -0.25) is 44.7 Å². The Bertz CT molecular complexity index is 2820. The predicted octanol–water partition coefficient (Wildman–Crippen LogP) is 6.26. The molecule has 3 amide bonds. The van der Waals surface area contributed by atoms with Crippen molar-refractivity contribution in [2.24, 2.45) is 17.8 Å². The molecular formula is C65H87ClN6O17. The molecule has 6 aliphatic rings. The van der Waals surface area contributed by atoms with E-state index >= 15 is 0 Å². The van der Waals surface area contributed by atoms with Gasteiger partial charge in [0.05, 0.1) is 24.7 Å². The lowest BCUT2D eigenvalue weighted by molar-refractivity contribution is -0.151. The fourth-order valence-corrected chi connectivity index (χ4v) is 14.4. The van der Waals surface area contributed by atoms with E-state index in [1.54, 1.807) is 93.3 Å². The van der Waals surface area contributed by atoms with Crippen molar-refractivity contribution >= 4 is 65.1 Å². The number of carbonyl (C=O) groups is 9. The number of nitrogens with zero attached hydrogens (tertiary/aromatic N) is 3. The third-order valence-electron chi connectivity index (χ3n) is 18.7. The number of carbonyl (C=O) groups excluding carboxylic acids is 4. The van der Waals surface area contributed by atoms with Gasteiger partial charge < -0.3 is 55.2 Å². The summed E-state index contributed by atoms with van der Waals surface area (Å²) >= 11 is 5.87. The number of phenols is 2. The van der Waals surface area contributed by atoms with Gasteiger partial charge in [0.25, 0.3) is 0 Å². The van der Waals surface area contributed by atoms with Crippen LogP contribution in [0.25, 0.3) is 0 Å². The zero-order valence-corrected chi connectivity index (χ0v) is 51.7. The second kappa shape index (κ2) is 31.9. The van der Waals surface area contributed by atoms with Crippen LogP contribution in [0.2, 0.25) is 5.02 Å². The highest BCUT2D eigenvalue weighted by molar-refractivity contribution is 6.30. The normalized spacial score (nSPS) is 25.1. The van der Waals surface area contributed by atoms with Crippen molar-refractivity contribution in [1.82, 2.24) is 30.7 Å². The summed E-state index contributed by atoms with van der Waals surface area (Å²) in [6.45, 7) is 6.85. The van der Waals surface area contributed by atoms with E-state index in [0.717, 1.165) is 74.5 Å². The second-order valence-electron chi connectivity index (χ2n) is 24.6. The summed E-state index contributed by atoms with van der Waals surface area (Å²) in [5.74, 6) is -5.42. The summed E-state index contributed by atoms with van der Waals surface area (Å²) in [7, 11) is 0. The molecule has 6 fully saturated rings. The smallest absolute Gasteiger partial charge is 0.326 e. The molecule has 3 aliphatic heterocycles. The van der Waals surface area contributed by atoms with Crippen molar-refractivity contribution in [3.8, 4) is 11.5 Å². The van der Waals surface area contributed by atoms with Crippen LogP contribution in [0.1, 0.15) is 141 Å². The number of hydrogen-bond donors (Lipinski definition) is 10. The molecule has 3 aromatic rings. The highest BCUT2D eigenvalue weighted by Crippen LogP contribution is 2.44. The number of amides is 3. The van der Waals surface area contributed by atoms with Crippen molar-refractivity contribution in [1.29, 1.82) is 0 Å². The van der Waals surface area contributed by atoms with Crippen LogP contribution in [-0.2, 0) is 67.2 Å². The topological polar surface area (TPSA) is 350 Å². The first-order valence-electron chi connectivity index (χ1n) is 31.2. The number of aryl methyl sites for hydroxylation is 3. The quantitative estimate of drug-likeness (QED) is 0.0419. The van der Waals surface area contributed by atoms with E-state index in [1.807, 2.05) is 12.1 Å². The van der Waals surface area contributed by atoms with Gasteiger partial charge >= 0.3 is 35.8 Å². The van der Waals surface area contributed by atoms with E-state index in [4.69, 9.17) is 16.3 Å². The van der Waals surface area contributed by atoms with Gasteiger partial charge in [-0.1, -0.05) is 67.3 Å². The number of aliphatic carboxylic acids is 5. The Morgan fingerprint density at radius 2 is 0.764 bits per heavy atom. The van der Waals surface area contributed by atoms with Crippen LogP contribution in [0.5, 0.6) is 11.5 Å². The molecule has 0 spiro atoms. The molecule has 486 valence electrons. The van der Waals surface area contributed by atoms with E-state index in [0.29, 0.717) is 56.4 Å². The fraction of sp³-hybridized carbons (Fsp3) is 0.585. The van der Waals surface area contributed by atoms with Crippen LogP contribution < -0.4 is 16.0 Å². The molecule has 3 heterocycles. The van der Waals surface area contributed by atoms with Gasteiger partial charge in [-0.25, -0.2) is 14.4 Å². The number of phenolic OH excluding ortho intramolecular Hbond substituents is 2. The number of carboxylic acids is 5. The lowest BCUT2D eigenvalue weighted by Crippen LogP contribution is -2.55. The molecule has 9 rings (SSSR count). The number of hydrogen-bond acceptors (Lipinski definition) is 15. The van der Waals surface area contributed by atoms with Crippen LogP contribution in [0.15, 0.2) is 72.8 Å². The van der Waals surface area contributed by atoms with Crippen molar-refractivity contribution < 1.29 is 83.6 Å². The molecule has 15 atom stereocenters. The van der Waals surface area contributed by atoms with E-state index < -0.39 is 90.2 Å². The maximum absolute atomic E-state index is 13.3. The lowest BCUT2D eigenvalue weighted by Gasteiger charge is -2.31. The molecular weight excluding hydrogens is 1170 g/mol. The van der Waals surface area contributed by atoms with E-state index in [1.165, 1.54) is 9.80 Å². The first kappa shape index (κ1) is 69.1. The third kappa shape index (κ3) is 18.0. The van der Waals surface area contributed by atoms with Crippen LogP contribution in [0, 0.1) is 17.8 Å². The number of halogens is 1. The van der Waals surface area contributed by atoms with Gasteiger partial charge in [0.2, 0.25) is 17.7 Å². The number of nitrogens with one attached hydrogen (secondary N) is 3. The van der Waals surface area contributed by atoms with Crippen molar-refractivity contribution in [2.75, 3.05) is 6.61 Å². The number of carboxylic acid groups (broad SMARTS) is 5. The summed E-state index contributed by atoms with van der Waals surface area (Å²) in [4.78, 5) is 115. The van der Waals surface area contributed by atoms with Gasteiger partial charge in [-0.05, 0) is 195 Å². The molecule has 23 nitrogen and oxygen atoms in total. The van der Waals surface area contributed by atoms with E-state index in [-0.39, 0.29) is 78.1 Å². The number of likely N-dealkylation sites (tertiary alicyclic amines) is 3. The summed E-state index contributed by atoms with van der Waals surface area (Å²) in [5, 5.41) is 76.1. The Hall–Kier alpha value is -7.34. The summed E-state index contributed by atoms with van der Waals surface area (Å²) < 4.78 is 5.19. The first-order chi connectivity index (χ1) is 42.4. The average Bonchev–Trinajstić information content (AvgIpc) is 1.77. The molecule has 3 aliphatic carbocycles. The van der Waals surface area contributed by atoms with Crippen molar-refractivity contribution in [3.63, 3.8) is 0 Å². The van der Waals surface area contributed by atoms with Gasteiger partial charge in [-0.15, -0.1) is 0 Å². The van der Waals surface area contributed by atoms with Crippen LogP contribution in [0.4, 0.5) is 0 Å². The largest absolute Gasteiger partial charge is 0.508 e. The van der Waals surface area contributed by atoms with Crippen molar-refractivity contribution in [3.05, 3.63) is 94.5 Å². The van der Waals surface area contributed by atoms with Crippen LogP contribution in [0.3, 0.4) is 0 Å². The number of rotatable bonds is 25. The minimum atomic E-state index is -1.06. The van der Waals surface area contributed by atoms with Gasteiger partial charge in [0.15, 0.2) is 0 Å². The average molecular weight is 1260 g/mol. The second-order valence-corrected chi connectivity index (χ2v) is 25.0. The molecule has 0 radical (unpaired) electrons. The summed E-state index contributed by atoms with van der Waals surface area (Å²) in [6, 6.07) is 13.1. The van der Waals surface area contributed by atoms with Crippen LogP contribution in [-0.4, -0.2) is 183 Å². The minimum absolute atomic E-state index is 0.0316. The number of aromatic hydroxyl groups is 2. The minimum Gasteiger partial charge on any atom is -0.508 e. The van der Waals surface area contributed by atoms with E-state index in [2.05, 4.69) is 16.0 Å². The Morgan fingerprint density at radius 3 is 1.06 bits per heavy atom. The van der Waals surface area contributed by atoms with Crippen molar-refractivity contribution in [2.45, 2.75) is 216 Å². The zero-order chi connectivity index (χ0) is 64.8. The van der Waals surface area contributed by atoms with Gasteiger partial charge in [0.1, 0.15) is 47.8 Å². The van der Waals surface area contributed by atoms with Crippen LogP contribution >= 0.6 is 11.6 Å². The highest BCUT2D eigenvalue weighted by atomic mass is 35.5. The van der Waals surface area contributed by atoms with Gasteiger partial charge in [0, 0.05) is 23.1 Å². The Kier molecular flexibility index (Phi) is 24.8. The standard InChI is InChI=1S/C23H32N2O6.C21H27ClN2O5.C21H28N2O6/c1-3-31-23(30)18(12-9-15-7-10-17(26)11-8-15)24-14(2)21(27)25-19-6-4-5-16(19)13-20(25)22(28)29;1-12(19(25)24-17-4-2-3-14(17)11-18(24)21(28)29)23-16(20(26)27)10-7-13-5-8-15(22)9-6-13;1-12(19(25)23-17-4-2-3-14(17)11-18(23)21(28)29)22-16(20(26)27)10-7-13-5-8-15(24)9-6-13/h7-8,10-11,14,16,18-20,24,26H,3-6,9,12-13H2,1-2H3,(H,28,29);5-6,8-9,12,14,16-18,23H,2-4,7,10-11H2,1H3,(H,26,27)(H,28,29);5-6,8-9,12,14,16-18,22,24H,2-4,7,10-11H2,1H3,(H,26,27)(H,28,29)/t14-,16-,18-,19-,20-;2*12-,14-,16-,17-,18-/m000/s1. The molecule has 0 unspecified atom stereocenters. The SMILES string of the molecule is CCOC(=O)[C@H](CCc1ccc(O)cc1)N[C@@H](C)C(=O)N1[C@H](C(=O)O)C[C@@H]2CCC[C@@H]21.C[C@H](N[C@@H](CCc1ccc(Cl)cc1)C(=O)O)C(=O)N1[C@H](C(=O)O)C[C@@H]2CCC[C@@H]21.C[C@H](N[C@@H](CCc1ccc(O)cc1)C(=O)O)C(=O)N1[C@H](C(=O)O)C[C@@H]2CCC[C@@H]21. The molecule has 24 heteroatoms. The molecule has 3 saturated carbocycles. The number of benzene rings is 3. The Morgan fingerprint density at radius 1 is 0.472 bits per heavy atom. The predicted molar refractivity (Wildman–Crippen MR) is 326 cm³/mol. The molecule has 10 N–H and O–H groups in total. The zero-order valence-electron chi connectivity index (χ0n) is 51.0. The van der Waals surface area contributed by atoms with Gasteiger partial charge in [-0.2, -0.15) is 0 Å². The molecule has 3 saturated heterocycles. The summed E-state index contributed by atoms with van der Waals surface area (Å²) in [5.41, 5.74) is 2.79. The third-order valence-corrected chi connectivity index (χ3v) is 19.0.